The van der Waals surface area contributed by atoms with Gasteiger partial charge in [-0.3, -0.25) is 0 Å². The number of hydrogen-bond donors (Lipinski definition) is 1. The zero-order valence-electron chi connectivity index (χ0n) is 9.49. The van der Waals surface area contributed by atoms with E-state index in [4.69, 9.17) is 0 Å². The van der Waals surface area contributed by atoms with Gasteiger partial charge in [0.25, 0.3) is 0 Å². The van der Waals surface area contributed by atoms with E-state index in [0.29, 0.717) is 6.04 Å². The predicted molar refractivity (Wildman–Crippen MR) is 64.1 cm³/mol. The molecule has 2 aromatic rings. The fourth-order valence-corrected chi connectivity index (χ4v) is 1.92. The lowest BCUT2D eigenvalue weighted by Crippen LogP contribution is -2.36. The van der Waals surface area contributed by atoms with Gasteiger partial charge in [-0.1, -0.05) is 12.1 Å². The summed E-state index contributed by atoms with van der Waals surface area (Å²) in [4.78, 5) is 0. The highest BCUT2D eigenvalue weighted by Gasteiger charge is 2.13. The standard InChI is InChI=1S/C13H16N2/c1-10(2)15-9-8-12(14-3)11-6-4-5-7-13(11)15/h4-10H,1-3H3/p+1. The van der Waals surface area contributed by atoms with Crippen LogP contribution < -0.4 is 9.88 Å². The molecule has 0 aliphatic heterocycles. The van der Waals surface area contributed by atoms with Gasteiger partial charge in [-0.25, -0.2) is 0 Å². The molecule has 0 amide bonds. The maximum absolute atomic E-state index is 3.22. The first-order valence-electron chi connectivity index (χ1n) is 5.34. The van der Waals surface area contributed by atoms with Gasteiger partial charge in [0.05, 0.1) is 11.1 Å². The molecule has 0 atom stereocenters. The molecule has 0 fully saturated rings. The Morgan fingerprint density at radius 2 is 1.87 bits per heavy atom. The molecule has 1 N–H and O–H groups in total. The largest absolute Gasteiger partial charge is 0.387 e. The lowest BCUT2D eigenvalue weighted by molar-refractivity contribution is -0.691. The van der Waals surface area contributed by atoms with Gasteiger partial charge < -0.3 is 5.32 Å². The van der Waals surface area contributed by atoms with Crippen molar-refractivity contribution in [3.05, 3.63) is 36.5 Å². The molecule has 78 valence electrons. The quantitative estimate of drug-likeness (QED) is 0.739. The topological polar surface area (TPSA) is 15.9 Å². The molecule has 0 aliphatic carbocycles. The predicted octanol–water partition coefficient (Wildman–Crippen LogP) is 2.75. The molecule has 0 aliphatic rings. The lowest BCUT2D eigenvalue weighted by atomic mass is 10.1. The molecule has 0 spiro atoms. The summed E-state index contributed by atoms with van der Waals surface area (Å²) in [5, 5.41) is 4.50. The first-order valence-corrected chi connectivity index (χ1v) is 5.34. The third-order valence-electron chi connectivity index (χ3n) is 2.70. The molecule has 1 aromatic heterocycles. The lowest BCUT2D eigenvalue weighted by Gasteiger charge is -2.08. The number of nitrogens with zero attached hydrogens (tertiary/aromatic N) is 1. The van der Waals surface area contributed by atoms with Crippen LogP contribution in [0.2, 0.25) is 0 Å². The van der Waals surface area contributed by atoms with Crippen molar-refractivity contribution in [3.8, 4) is 0 Å². The maximum atomic E-state index is 3.22. The highest BCUT2D eigenvalue weighted by molar-refractivity contribution is 5.88. The minimum Gasteiger partial charge on any atom is -0.387 e. The molecular formula is C13H17N2+. The Balaban J connectivity index is 2.77. The van der Waals surface area contributed by atoms with Gasteiger partial charge in [0.15, 0.2) is 12.2 Å². The number of para-hydroxylation sites is 1. The van der Waals surface area contributed by atoms with E-state index in [1.807, 2.05) is 7.05 Å². The summed E-state index contributed by atoms with van der Waals surface area (Å²) in [5.41, 5.74) is 2.46. The molecule has 2 nitrogen and oxygen atoms in total. The number of aromatic nitrogens is 1. The van der Waals surface area contributed by atoms with E-state index in [2.05, 4.69) is 60.3 Å². The van der Waals surface area contributed by atoms with Crippen molar-refractivity contribution in [1.29, 1.82) is 0 Å². The first kappa shape index (κ1) is 9.97. The Hall–Kier alpha value is -1.57. The maximum Gasteiger partial charge on any atom is 0.214 e. The van der Waals surface area contributed by atoms with Crippen molar-refractivity contribution < 1.29 is 4.57 Å². The van der Waals surface area contributed by atoms with Crippen LogP contribution in [0.1, 0.15) is 19.9 Å². The van der Waals surface area contributed by atoms with E-state index in [1.165, 1.54) is 16.6 Å². The Labute approximate surface area is 90.6 Å². The molecule has 0 bridgehead atoms. The minimum atomic E-state index is 0.487. The fourth-order valence-electron chi connectivity index (χ4n) is 1.92. The average molecular weight is 201 g/mol. The summed E-state index contributed by atoms with van der Waals surface area (Å²) < 4.78 is 2.29. The van der Waals surface area contributed by atoms with Crippen LogP contribution in [0.3, 0.4) is 0 Å². The van der Waals surface area contributed by atoms with Crippen LogP contribution in [0.5, 0.6) is 0 Å². The second kappa shape index (κ2) is 3.89. The normalized spacial score (nSPS) is 10.9. The Morgan fingerprint density at radius 3 is 2.53 bits per heavy atom. The number of pyridine rings is 1. The Morgan fingerprint density at radius 1 is 1.13 bits per heavy atom. The monoisotopic (exact) mass is 201 g/mol. The number of rotatable bonds is 2. The zero-order valence-corrected chi connectivity index (χ0v) is 9.49. The molecule has 0 saturated carbocycles. The van der Waals surface area contributed by atoms with E-state index in [1.54, 1.807) is 0 Å². The van der Waals surface area contributed by atoms with Crippen LogP contribution in [-0.4, -0.2) is 7.05 Å². The number of benzene rings is 1. The average Bonchev–Trinajstić information content (AvgIpc) is 2.27. The van der Waals surface area contributed by atoms with Crippen LogP contribution in [0.25, 0.3) is 10.9 Å². The summed E-state index contributed by atoms with van der Waals surface area (Å²) in [6, 6.07) is 11.1. The molecule has 15 heavy (non-hydrogen) atoms. The van der Waals surface area contributed by atoms with Gasteiger partial charge in [-0.2, -0.15) is 4.57 Å². The van der Waals surface area contributed by atoms with Gasteiger partial charge in [0, 0.05) is 19.2 Å². The van der Waals surface area contributed by atoms with E-state index in [-0.39, 0.29) is 0 Å². The Bertz CT molecular complexity index is 475. The third kappa shape index (κ3) is 1.67. The summed E-state index contributed by atoms with van der Waals surface area (Å²) in [6.07, 6.45) is 2.14. The molecular weight excluding hydrogens is 184 g/mol. The van der Waals surface area contributed by atoms with E-state index >= 15 is 0 Å². The van der Waals surface area contributed by atoms with Crippen molar-refractivity contribution in [1.82, 2.24) is 0 Å². The molecule has 2 heteroatoms. The van der Waals surface area contributed by atoms with E-state index in [9.17, 15) is 0 Å². The summed E-state index contributed by atoms with van der Waals surface area (Å²) in [6.45, 7) is 4.40. The van der Waals surface area contributed by atoms with Gasteiger partial charge in [-0.15, -0.1) is 0 Å². The number of fused-ring (bicyclic) bond motifs is 1. The molecule has 1 heterocycles. The first-order chi connectivity index (χ1) is 7.24. The van der Waals surface area contributed by atoms with Crippen LogP contribution >= 0.6 is 0 Å². The summed E-state index contributed by atoms with van der Waals surface area (Å²) in [7, 11) is 1.96. The van der Waals surface area contributed by atoms with Crippen LogP contribution in [0.15, 0.2) is 36.5 Å². The molecule has 0 radical (unpaired) electrons. The van der Waals surface area contributed by atoms with Crippen LogP contribution in [0.4, 0.5) is 5.69 Å². The van der Waals surface area contributed by atoms with Gasteiger partial charge >= 0.3 is 0 Å². The van der Waals surface area contributed by atoms with Crippen molar-refractivity contribution in [2.75, 3.05) is 12.4 Å². The summed E-state index contributed by atoms with van der Waals surface area (Å²) in [5.74, 6) is 0. The molecule has 0 saturated heterocycles. The number of nitrogens with one attached hydrogen (secondary N) is 1. The second-order valence-electron chi connectivity index (χ2n) is 4.00. The second-order valence-corrected chi connectivity index (χ2v) is 4.00. The zero-order chi connectivity index (χ0) is 10.8. The van der Waals surface area contributed by atoms with Gasteiger partial charge in [-0.05, 0) is 19.9 Å². The highest BCUT2D eigenvalue weighted by atomic mass is 15.0. The highest BCUT2D eigenvalue weighted by Crippen LogP contribution is 2.20. The SMILES string of the molecule is CNc1cc[n+](C(C)C)c2ccccc12. The van der Waals surface area contributed by atoms with Gasteiger partial charge in [0.1, 0.15) is 0 Å². The third-order valence-corrected chi connectivity index (χ3v) is 2.70. The summed E-state index contributed by atoms with van der Waals surface area (Å²) >= 11 is 0. The molecule has 1 aromatic carbocycles. The van der Waals surface area contributed by atoms with Crippen molar-refractivity contribution >= 4 is 16.6 Å². The minimum absolute atomic E-state index is 0.487. The Kier molecular flexibility index (Phi) is 2.58. The van der Waals surface area contributed by atoms with Gasteiger partial charge in [0.2, 0.25) is 5.52 Å². The fraction of sp³-hybridized carbons (Fsp3) is 0.308. The number of hydrogen-bond acceptors (Lipinski definition) is 1. The van der Waals surface area contributed by atoms with E-state index < -0.39 is 0 Å². The van der Waals surface area contributed by atoms with Crippen molar-refractivity contribution in [2.45, 2.75) is 19.9 Å². The van der Waals surface area contributed by atoms with Crippen LogP contribution in [0, 0.1) is 0 Å². The smallest absolute Gasteiger partial charge is 0.214 e. The molecule has 0 unspecified atom stereocenters. The van der Waals surface area contributed by atoms with E-state index in [0.717, 1.165) is 0 Å². The molecule has 2 rings (SSSR count). The van der Waals surface area contributed by atoms with Crippen molar-refractivity contribution in [2.24, 2.45) is 0 Å². The number of anilines is 1. The van der Waals surface area contributed by atoms with Crippen LogP contribution in [-0.2, 0) is 0 Å². The van der Waals surface area contributed by atoms with Crippen molar-refractivity contribution in [3.63, 3.8) is 0 Å².